The maximum Gasteiger partial charge on any atom is 0.0849 e. The van der Waals surface area contributed by atoms with Crippen molar-refractivity contribution in [1.29, 1.82) is 0 Å². The molecule has 0 bridgehead atoms. The van der Waals surface area contributed by atoms with Gasteiger partial charge in [-0.3, -0.25) is 0 Å². The molecule has 102 valence electrons. The molecule has 2 unspecified atom stereocenters. The van der Waals surface area contributed by atoms with Crippen LogP contribution in [0.2, 0.25) is 0 Å². The maximum absolute atomic E-state index is 10.2. The second kappa shape index (κ2) is 6.69. The molecule has 18 heavy (non-hydrogen) atoms. The summed E-state index contributed by atoms with van der Waals surface area (Å²) in [6.07, 6.45) is 6.33. The number of aliphatic hydroxyl groups is 2. The highest BCUT2D eigenvalue weighted by molar-refractivity contribution is 7.11. The van der Waals surface area contributed by atoms with Crippen LogP contribution in [0.4, 0.5) is 0 Å². The molecule has 2 N–H and O–H groups in total. The van der Waals surface area contributed by atoms with Crippen molar-refractivity contribution in [2.24, 2.45) is 5.92 Å². The Morgan fingerprint density at radius 3 is 2.44 bits per heavy atom. The summed E-state index contributed by atoms with van der Waals surface area (Å²) >= 11 is 1.75. The first-order valence-electron chi connectivity index (χ1n) is 7.14. The predicted octanol–water partition coefficient (Wildman–Crippen LogP) is 3.16. The molecule has 1 heterocycles. The molecule has 1 saturated carbocycles. The van der Waals surface area contributed by atoms with Gasteiger partial charge >= 0.3 is 0 Å². The van der Waals surface area contributed by atoms with Gasteiger partial charge in [-0.05, 0) is 37.3 Å². The average Bonchev–Trinajstić information content (AvgIpc) is 2.86. The van der Waals surface area contributed by atoms with E-state index < -0.39 is 12.2 Å². The number of rotatable bonds is 5. The molecule has 0 aromatic carbocycles. The van der Waals surface area contributed by atoms with Gasteiger partial charge in [-0.2, -0.15) is 0 Å². The van der Waals surface area contributed by atoms with Gasteiger partial charge in [-0.25, -0.2) is 0 Å². The van der Waals surface area contributed by atoms with Gasteiger partial charge in [0, 0.05) is 16.2 Å². The fourth-order valence-electron chi connectivity index (χ4n) is 2.84. The monoisotopic (exact) mass is 268 g/mol. The Balaban J connectivity index is 1.87. The van der Waals surface area contributed by atoms with E-state index in [-0.39, 0.29) is 0 Å². The van der Waals surface area contributed by atoms with Crippen molar-refractivity contribution < 1.29 is 10.2 Å². The van der Waals surface area contributed by atoms with Crippen molar-refractivity contribution in [2.45, 2.75) is 64.1 Å². The van der Waals surface area contributed by atoms with E-state index in [2.05, 4.69) is 19.1 Å². The molecular formula is C15H24O2S. The largest absolute Gasteiger partial charge is 0.390 e. The van der Waals surface area contributed by atoms with Crippen molar-refractivity contribution in [3.8, 4) is 0 Å². The number of aryl methyl sites for hydroxylation is 1. The third-order valence-corrected chi connectivity index (χ3v) is 5.26. The summed E-state index contributed by atoms with van der Waals surface area (Å²) in [6, 6.07) is 4.21. The Bertz CT molecular complexity index is 355. The lowest BCUT2D eigenvalue weighted by Gasteiger charge is -2.29. The van der Waals surface area contributed by atoms with E-state index in [0.29, 0.717) is 12.3 Å². The standard InChI is InChI=1S/C15H24O2S/c1-2-12-8-9-13(18-12)10-14(16)15(17)11-6-4-3-5-7-11/h8-9,11,14-17H,2-7,10H2,1H3. The highest BCUT2D eigenvalue weighted by Crippen LogP contribution is 2.29. The van der Waals surface area contributed by atoms with Crippen LogP contribution in [0.15, 0.2) is 12.1 Å². The fourth-order valence-corrected chi connectivity index (χ4v) is 3.85. The number of thiophene rings is 1. The van der Waals surface area contributed by atoms with Gasteiger partial charge in [0.1, 0.15) is 0 Å². The van der Waals surface area contributed by atoms with E-state index in [1.165, 1.54) is 29.0 Å². The lowest BCUT2D eigenvalue weighted by molar-refractivity contribution is -0.0260. The first kappa shape index (κ1) is 14.0. The van der Waals surface area contributed by atoms with Gasteiger partial charge in [-0.1, -0.05) is 26.2 Å². The average molecular weight is 268 g/mol. The molecule has 1 aromatic heterocycles. The van der Waals surface area contributed by atoms with Crippen molar-refractivity contribution in [2.75, 3.05) is 0 Å². The van der Waals surface area contributed by atoms with E-state index >= 15 is 0 Å². The SMILES string of the molecule is CCc1ccc(CC(O)C(O)C2CCCCC2)s1. The van der Waals surface area contributed by atoms with Crippen LogP contribution in [-0.2, 0) is 12.8 Å². The maximum atomic E-state index is 10.2. The van der Waals surface area contributed by atoms with Crippen LogP contribution in [0.3, 0.4) is 0 Å². The van der Waals surface area contributed by atoms with Gasteiger partial charge < -0.3 is 10.2 Å². The highest BCUT2D eigenvalue weighted by atomic mass is 32.1. The second-order valence-corrected chi connectivity index (χ2v) is 6.63. The predicted molar refractivity (Wildman–Crippen MR) is 76.0 cm³/mol. The van der Waals surface area contributed by atoms with Crippen LogP contribution in [0.25, 0.3) is 0 Å². The molecule has 1 aromatic rings. The molecular weight excluding hydrogens is 244 g/mol. The van der Waals surface area contributed by atoms with E-state index in [1.54, 1.807) is 11.3 Å². The normalized spacial score (nSPS) is 20.8. The molecule has 2 atom stereocenters. The Hall–Kier alpha value is -0.380. The van der Waals surface area contributed by atoms with Crippen molar-refractivity contribution >= 4 is 11.3 Å². The van der Waals surface area contributed by atoms with Crippen molar-refractivity contribution in [3.63, 3.8) is 0 Å². The third kappa shape index (κ3) is 3.56. The quantitative estimate of drug-likeness (QED) is 0.861. The molecule has 1 aliphatic carbocycles. The lowest BCUT2D eigenvalue weighted by Crippen LogP contribution is -2.35. The second-order valence-electron chi connectivity index (χ2n) is 5.38. The van der Waals surface area contributed by atoms with Crippen LogP contribution in [0.5, 0.6) is 0 Å². The van der Waals surface area contributed by atoms with Gasteiger partial charge in [0.15, 0.2) is 0 Å². The lowest BCUT2D eigenvalue weighted by atomic mass is 9.83. The molecule has 1 fully saturated rings. The summed E-state index contributed by atoms with van der Waals surface area (Å²) in [6.45, 7) is 2.14. The fraction of sp³-hybridized carbons (Fsp3) is 0.733. The number of aliphatic hydroxyl groups excluding tert-OH is 2. The van der Waals surface area contributed by atoms with Crippen LogP contribution in [-0.4, -0.2) is 22.4 Å². The molecule has 2 nitrogen and oxygen atoms in total. The minimum atomic E-state index is -0.601. The third-order valence-electron chi connectivity index (χ3n) is 4.00. The van der Waals surface area contributed by atoms with E-state index in [9.17, 15) is 10.2 Å². The zero-order valence-electron chi connectivity index (χ0n) is 11.1. The summed E-state index contributed by atoms with van der Waals surface area (Å²) < 4.78 is 0. The molecule has 2 rings (SSSR count). The van der Waals surface area contributed by atoms with Crippen LogP contribution >= 0.6 is 11.3 Å². The molecule has 0 saturated heterocycles. The molecule has 0 aliphatic heterocycles. The molecule has 0 spiro atoms. The number of hydrogen-bond donors (Lipinski definition) is 2. The van der Waals surface area contributed by atoms with Crippen molar-refractivity contribution in [3.05, 3.63) is 21.9 Å². The van der Waals surface area contributed by atoms with Crippen molar-refractivity contribution in [1.82, 2.24) is 0 Å². The van der Waals surface area contributed by atoms with Crippen LogP contribution < -0.4 is 0 Å². The van der Waals surface area contributed by atoms with Gasteiger partial charge in [0.05, 0.1) is 12.2 Å². The Morgan fingerprint density at radius 1 is 1.17 bits per heavy atom. The molecule has 0 amide bonds. The zero-order valence-corrected chi connectivity index (χ0v) is 12.0. The van der Waals surface area contributed by atoms with Gasteiger partial charge in [0.25, 0.3) is 0 Å². The molecule has 0 radical (unpaired) electrons. The van der Waals surface area contributed by atoms with Gasteiger partial charge in [-0.15, -0.1) is 11.3 Å². The minimum absolute atomic E-state index is 0.305. The summed E-state index contributed by atoms with van der Waals surface area (Å²) in [5.41, 5.74) is 0. The minimum Gasteiger partial charge on any atom is -0.390 e. The molecule has 1 aliphatic rings. The Labute approximate surface area is 114 Å². The Morgan fingerprint density at radius 2 is 1.83 bits per heavy atom. The Kier molecular flexibility index (Phi) is 5.22. The summed E-state index contributed by atoms with van der Waals surface area (Å²) in [7, 11) is 0. The highest BCUT2D eigenvalue weighted by Gasteiger charge is 2.27. The van der Waals surface area contributed by atoms with E-state index in [0.717, 1.165) is 19.3 Å². The smallest absolute Gasteiger partial charge is 0.0849 e. The summed E-state index contributed by atoms with van der Waals surface area (Å²) in [5.74, 6) is 0.305. The summed E-state index contributed by atoms with van der Waals surface area (Å²) in [4.78, 5) is 2.54. The summed E-state index contributed by atoms with van der Waals surface area (Å²) in [5, 5.41) is 20.4. The number of hydrogen-bond acceptors (Lipinski definition) is 3. The van der Waals surface area contributed by atoms with E-state index in [1.807, 2.05) is 0 Å². The van der Waals surface area contributed by atoms with Crippen LogP contribution in [0, 0.1) is 5.92 Å². The topological polar surface area (TPSA) is 40.5 Å². The first-order chi connectivity index (χ1) is 8.70. The zero-order chi connectivity index (χ0) is 13.0. The van der Waals surface area contributed by atoms with Gasteiger partial charge in [0.2, 0.25) is 0 Å². The van der Waals surface area contributed by atoms with Crippen LogP contribution in [0.1, 0.15) is 48.8 Å². The molecule has 3 heteroatoms. The van der Waals surface area contributed by atoms with E-state index in [4.69, 9.17) is 0 Å². The first-order valence-corrected chi connectivity index (χ1v) is 7.96.